The Morgan fingerprint density at radius 2 is 2.12 bits per heavy atom. The van der Waals surface area contributed by atoms with Crippen molar-refractivity contribution in [3.05, 3.63) is 48.0 Å². The number of aromatic nitrogens is 3. The van der Waals surface area contributed by atoms with Crippen molar-refractivity contribution in [2.45, 2.75) is 26.3 Å². The Balaban J connectivity index is 1.61. The molecule has 24 heavy (non-hydrogen) atoms. The van der Waals surface area contributed by atoms with E-state index in [0.29, 0.717) is 5.88 Å². The van der Waals surface area contributed by atoms with Crippen LogP contribution >= 0.6 is 0 Å². The first-order chi connectivity index (χ1) is 11.7. The molecule has 0 atom stereocenters. The number of nitrogens with zero attached hydrogens (tertiary/aromatic N) is 4. The highest BCUT2D eigenvalue weighted by Gasteiger charge is 2.21. The molecule has 0 N–H and O–H groups in total. The predicted molar refractivity (Wildman–Crippen MR) is 94.3 cm³/mol. The number of hydrogen-bond acceptors (Lipinski definition) is 4. The summed E-state index contributed by atoms with van der Waals surface area (Å²) >= 11 is 0. The largest absolute Gasteiger partial charge is 0.439 e. The monoisotopic (exact) mass is 322 g/mol. The Bertz CT molecular complexity index is 871. The summed E-state index contributed by atoms with van der Waals surface area (Å²) in [7, 11) is 2.05. The fourth-order valence-corrected chi connectivity index (χ4v) is 3.41. The van der Waals surface area contributed by atoms with Gasteiger partial charge in [0.15, 0.2) is 0 Å². The van der Waals surface area contributed by atoms with Gasteiger partial charge in [0.05, 0.1) is 5.69 Å². The van der Waals surface area contributed by atoms with Gasteiger partial charge in [-0.2, -0.15) is 0 Å². The van der Waals surface area contributed by atoms with Gasteiger partial charge in [0, 0.05) is 42.8 Å². The Morgan fingerprint density at radius 1 is 1.21 bits per heavy atom. The van der Waals surface area contributed by atoms with Gasteiger partial charge in [0.1, 0.15) is 12.1 Å². The van der Waals surface area contributed by atoms with Crippen LogP contribution in [-0.4, -0.2) is 32.5 Å². The molecule has 2 aromatic heterocycles. The maximum Gasteiger partial charge on any atom is 0.225 e. The quantitative estimate of drug-likeness (QED) is 0.737. The standard InChI is InChI=1S/C19H22N4O/c1-3-8-23-10-7-16-17(12-23)20-13-21-19(16)24-15-4-5-18-14(11-15)6-9-22(18)2/h4-6,9,11,13H,3,7-8,10,12H2,1-2H3. The van der Waals surface area contributed by atoms with E-state index < -0.39 is 0 Å². The van der Waals surface area contributed by atoms with E-state index >= 15 is 0 Å². The zero-order chi connectivity index (χ0) is 16.5. The minimum atomic E-state index is 0.700. The van der Waals surface area contributed by atoms with Gasteiger partial charge in [-0.1, -0.05) is 6.92 Å². The van der Waals surface area contributed by atoms with Gasteiger partial charge < -0.3 is 9.30 Å². The topological polar surface area (TPSA) is 43.2 Å². The fraction of sp³-hybridized carbons (Fsp3) is 0.368. The number of aryl methyl sites for hydroxylation is 1. The van der Waals surface area contributed by atoms with E-state index in [2.05, 4.69) is 50.8 Å². The molecule has 3 aromatic rings. The van der Waals surface area contributed by atoms with Gasteiger partial charge in [0.2, 0.25) is 5.88 Å². The first-order valence-electron chi connectivity index (χ1n) is 8.52. The molecule has 0 aliphatic carbocycles. The smallest absolute Gasteiger partial charge is 0.225 e. The average molecular weight is 322 g/mol. The Hall–Kier alpha value is -2.40. The third kappa shape index (κ3) is 2.76. The van der Waals surface area contributed by atoms with Crippen LogP contribution in [0, 0.1) is 0 Å². The lowest BCUT2D eigenvalue weighted by atomic mass is 10.1. The summed E-state index contributed by atoms with van der Waals surface area (Å²) in [6.45, 7) is 5.26. The van der Waals surface area contributed by atoms with Crippen molar-refractivity contribution < 1.29 is 4.74 Å². The van der Waals surface area contributed by atoms with Crippen LogP contribution in [0.4, 0.5) is 0 Å². The molecule has 0 radical (unpaired) electrons. The molecule has 0 bridgehead atoms. The van der Waals surface area contributed by atoms with Crippen molar-refractivity contribution in [2.24, 2.45) is 7.05 Å². The summed E-state index contributed by atoms with van der Waals surface area (Å²) < 4.78 is 8.22. The molecule has 5 nitrogen and oxygen atoms in total. The molecule has 1 aromatic carbocycles. The molecule has 1 aliphatic rings. The average Bonchev–Trinajstić information content (AvgIpc) is 2.96. The minimum Gasteiger partial charge on any atom is -0.439 e. The lowest BCUT2D eigenvalue weighted by Gasteiger charge is -2.28. The molecule has 5 heteroatoms. The van der Waals surface area contributed by atoms with Crippen molar-refractivity contribution in [3.63, 3.8) is 0 Å². The summed E-state index contributed by atoms with van der Waals surface area (Å²) in [6, 6.07) is 8.25. The molecule has 4 rings (SSSR count). The normalized spacial score (nSPS) is 14.8. The lowest BCUT2D eigenvalue weighted by Crippen LogP contribution is -2.32. The van der Waals surface area contributed by atoms with Crippen LogP contribution in [0.3, 0.4) is 0 Å². The van der Waals surface area contributed by atoms with Gasteiger partial charge in [0.25, 0.3) is 0 Å². The summed E-state index contributed by atoms with van der Waals surface area (Å²) in [4.78, 5) is 11.3. The second-order valence-electron chi connectivity index (χ2n) is 6.38. The fourth-order valence-electron chi connectivity index (χ4n) is 3.41. The van der Waals surface area contributed by atoms with Gasteiger partial charge in [-0.15, -0.1) is 0 Å². The first-order valence-corrected chi connectivity index (χ1v) is 8.52. The van der Waals surface area contributed by atoms with Gasteiger partial charge in [-0.3, -0.25) is 4.90 Å². The molecular formula is C19H22N4O. The van der Waals surface area contributed by atoms with Crippen LogP contribution in [0.2, 0.25) is 0 Å². The van der Waals surface area contributed by atoms with Crippen molar-refractivity contribution in [1.29, 1.82) is 0 Å². The zero-order valence-electron chi connectivity index (χ0n) is 14.2. The van der Waals surface area contributed by atoms with Crippen molar-refractivity contribution in [1.82, 2.24) is 19.4 Å². The van der Waals surface area contributed by atoms with Gasteiger partial charge in [-0.25, -0.2) is 9.97 Å². The zero-order valence-corrected chi connectivity index (χ0v) is 14.2. The van der Waals surface area contributed by atoms with Crippen LogP contribution in [0.1, 0.15) is 24.6 Å². The number of ether oxygens (including phenoxy) is 1. The Labute approximate surface area is 141 Å². The third-order valence-corrected chi connectivity index (χ3v) is 4.66. The van der Waals surface area contributed by atoms with Crippen LogP contribution in [0.15, 0.2) is 36.8 Å². The van der Waals surface area contributed by atoms with E-state index in [0.717, 1.165) is 43.1 Å². The highest BCUT2D eigenvalue weighted by atomic mass is 16.5. The summed E-state index contributed by atoms with van der Waals surface area (Å²) in [5.41, 5.74) is 3.45. The molecule has 1 aliphatic heterocycles. The predicted octanol–water partition coefficient (Wildman–Crippen LogP) is 3.53. The third-order valence-electron chi connectivity index (χ3n) is 4.66. The molecule has 0 fully saturated rings. The van der Waals surface area contributed by atoms with E-state index in [1.165, 1.54) is 17.3 Å². The maximum atomic E-state index is 6.11. The van der Waals surface area contributed by atoms with Crippen LogP contribution in [0.25, 0.3) is 10.9 Å². The van der Waals surface area contributed by atoms with Crippen molar-refractivity contribution >= 4 is 10.9 Å². The molecule has 0 spiro atoms. The number of fused-ring (bicyclic) bond motifs is 2. The first kappa shape index (κ1) is 15.1. The highest BCUT2D eigenvalue weighted by molar-refractivity contribution is 5.81. The second-order valence-corrected chi connectivity index (χ2v) is 6.38. The maximum absolute atomic E-state index is 6.11. The number of hydrogen-bond donors (Lipinski definition) is 0. The van der Waals surface area contributed by atoms with Gasteiger partial charge >= 0.3 is 0 Å². The number of rotatable bonds is 4. The molecule has 0 saturated carbocycles. The van der Waals surface area contributed by atoms with Gasteiger partial charge in [-0.05, 0) is 43.7 Å². The van der Waals surface area contributed by atoms with Crippen LogP contribution < -0.4 is 4.74 Å². The summed E-state index contributed by atoms with van der Waals surface area (Å²) in [6.07, 6.45) is 5.79. The number of benzene rings is 1. The van der Waals surface area contributed by atoms with Crippen LogP contribution in [-0.2, 0) is 20.0 Å². The molecule has 0 amide bonds. The Morgan fingerprint density at radius 3 is 3.00 bits per heavy atom. The van der Waals surface area contributed by atoms with E-state index in [-0.39, 0.29) is 0 Å². The minimum absolute atomic E-state index is 0.700. The molecule has 0 saturated heterocycles. The van der Waals surface area contributed by atoms with Crippen molar-refractivity contribution in [2.75, 3.05) is 13.1 Å². The van der Waals surface area contributed by atoms with E-state index in [1.54, 1.807) is 6.33 Å². The summed E-state index contributed by atoms with van der Waals surface area (Å²) in [5.74, 6) is 1.53. The molecule has 124 valence electrons. The van der Waals surface area contributed by atoms with E-state index in [1.807, 2.05) is 13.1 Å². The Kier molecular flexibility index (Phi) is 3.94. The molecular weight excluding hydrogens is 300 g/mol. The van der Waals surface area contributed by atoms with E-state index in [4.69, 9.17) is 4.74 Å². The highest BCUT2D eigenvalue weighted by Crippen LogP contribution is 2.30. The molecule has 0 unspecified atom stereocenters. The lowest BCUT2D eigenvalue weighted by molar-refractivity contribution is 0.247. The van der Waals surface area contributed by atoms with Crippen LogP contribution in [0.5, 0.6) is 11.6 Å². The second kappa shape index (κ2) is 6.24. The van der Waals surface area contributed by atoms with Crippen molar-refractivity contribution in [3.8, 4) is 11.6 Å². The van der Waals surface area contributed by atoms with E-state index in [9.17, 15) is 0 Å². The summed E-state index contributed by atoms with van der Waals surface area (Å²) in [5, 5.41) is 1.17. The molecule has 3 heterocycles. The SMILES string of the molecule is CCCN1CCc2c(ncnc2Oc2ccc3c(ccn3C)c2)C1.